The van der Waals surface area contributed by atoms with E-state index in [1.54, 1.807) is 0 Å². The van der Waals surface area contributed by atoms with Gasteiger partial charge in [-0.1, -0.05) is 13.8 Å². The van der Waals surface area contributed by atoms with Gasteiger partial charge in [-0.15, -0.1) is 0 Å². The predicted molar refractivity (Wildman–Crippen MR) is 64.3 cm³/mol. The number of aliphatic hydroxyl groups excluding tert-OH is 1. The molecule has 94 valence electrons. The molecule has 3 heteroatoms. The van der Waals surface area contributed by atoms with Crippen molar-refractivity contribution >= 4 is 0 Å². The molecule has 0 aliphatic heterocycles. The fourth-order valence-corrected chi connectivity index (χ4v) is 2.06. The lowest BCUT2D eigenvalue weighted by atomic mass is 10.1. The van der Waals surface area contributed by atoms with E-state index in [9.17, 15) is 5.11 Å². The van der Waals surface area contributed by atoms with Crippen molar-refractivity contribution < 1.29 is 9.84 Å². The van der Waals surface area contributed by atoms with Crippen molar-refractivity contribution in [3.8, 4) is 0 Å². The van der Waals surface area contributed by atoms with Gasteiger partial charge in [-0.25, -0.2) is 0 Å². The highest BCUT2D eigenvalue weighted by molar-refractivity contribution is 4.96. The summed E-state index contributed by atoms with van der Waals surface area (Å²) < 4.78 is 5.44. The van der Waals surface area contributed by atoms with Crippen LogP contribution >= 0.6 is 0 Å². The minimum Gasteiger partial charge on any atom is -0.389 e. The third kappa shape index (κ3) is 4.04. The average Bonchev–Trinajstić information content (AvgIpc) is 3.07. The number of rotatable bonds is 8. The maximum atomic E-state index is 9.66. The molecule has 0 aromatic rings. The van der Waals surface area contributed by atoms with E-state index in [0.717, 1.165) is 25.0 Å². The van der Waals surface area contributed by atoms with Crippen LogP contribution in [0.3, 0.4) is 0 Å². The molecule has 0 bridgehead atoms. The maximum absolute atomic E-state index is 9.66. The quantitative estimate of drug-likeness (QED) is 0.659. The lowest BCUT2D eigenvalue weighted by molar-refractivity contribution is 0.0324. The van der Waals surface area contributed by atoms with Gasteiger partial charge in [-0.3, -0.25) is 0 Å². The van der Waals surface area contributed by atoms with Crippen molar-refractivity contribution in [2.24, 2.45) is 17.3 Å². The number of ether oxygens (including phenoxy) is 1. The molecule has 0 saturated heterocycles. The SMILES string of the molecule is CC1(C)CC1CNCC(O)COCC1CC1. The normalized spacial score (nSPS) is 29.1. The van der Waals surface area contributed by atoms with Crippen LogP contribution in [0, 0.1) is 17.3 Å². The van der Waals surface area contributed by atoms with Gasteiger partial charge in [0, 0.05) is 13.2 Å². The van der Waals surface area contributed by atoms with Crippen LogP contribution in [-0.4, -0.2) is 37.5 Å². The van der Waals surface area contributed by atoms with Crippen molar-refractivity contribution in [1.29, 1.82) is 0 Å². The largest absolute Gasteiger partial charge is 0.389 e. The molecule has 0 spiro atoms. The molecule has 2 unspecified atom stereocenters. The Hall–Kier alpha value is -0.120. The number of nitrogens with one attached hydrogen (secondary N) is 1. The van der Waals surface area contributed by atoms with Crippen molar-refractivity contribution in [3.05, 3.63) is 0 Å². The topological polar surface area (TPSA) is 41.5 Å². The molecule has 0 heterocycles. The highest BCUT2D eigenvalue weighted by atomic mass is 16.5. The summed E-state index contributed by atoms with van der Waals surface area (Å²) in [6.07, 6.45) is 3.59. The van der Waals surface area contributed by atoms with Crippen molar-refractivity contribution in [3.63, 3.8) is 0 Å². The first-order chi connectivity index (χ1) is 7.58. The lowest BCUT2D eigenvalue weighted by Gasteiger charge is -2.12. The van der Waals surface area contributed by atoms with Gasteiger partial charge in [0.15, 0.2) is 0 Å². The molecule has 2 N–H and O–H groups in total. The fourth-order valence-electron chi connectivity index (χ4n) is 2.06. The molecule has 2 fully saturated rings. The van der Waals surface area contributed by atoms with Gasteiger partial charge < -0.3 is 15.2 Å². The van der Waals surface area contributed by atoms with Gasteiger partial charge >= 0.3 is 0 Å². The van der Waals surface area contributed by atoms with Crippen LogP contribution < -0.4 is 5.32 Å². The van der Waals surface area contributed by atoms with E-state index < -0.39 is 0 Å². The smallest absolute Gasteiger partial charge is 0.0897 e. The Morgan fingerprint density at radius 1 is 1.44 bits per heavy atom. The molecule has 0 aromatic heterocycles. The first-order valence-corrected chi connectivity index (χ1v) is 6.54. The van der Waals surface area contributed by atoms with E-state index >= 15 is 0 Å². The van der Waals surface area contributed by atoms with Gasteiger partial charge in [-0.2, -0.15) is 0 Å². The third-order valence-electron chi connectivity index (χ3n) is 3.85. The monoisotopic (exact) mass is 227 g/mol. The molecule has 2 rings (SSSR count). The van der Waals surface area contributed by atoms with Crippen LogP contribution in [0.4, 0.5) is 0 Å². The zero-order valence-corrected chi connectivity index (χ0v) is 10.5. The first kappa shape index (κ1) is 12.3. The predicted octanol–water partition coefficient (Wildman–Crippen LogP) is 1.41. The van der Waals surface area contributed by atoms with E-state index in [1.165, 1.54) is 19.3 Å². The standard InChI is InChI=1S/C13H25NO2/c1-13(2)5-11(13)6-14-7-12(15)9-16-8-10-3-4-10/h10-12,14-15H,3-9H2,1-2H3. The zero-order chi connectivity index (χ0) is 11.6. The van der Waals surface area contributed by atoms with E-state index in [2.05, 4.69) is 19.2 Å². The van der Waals surface area contributed by atoms with Gasteiger partial charge in [0.05, 0.1) is 12.7 Å². The summed E-state index contributed by atoms with van der Waals surface area (Å²) in [5.41, 5.74) is 0.528. The zero-order valence-electron chi connectivity index (χ0n) is 10.5. The van der Waals surface area contributed by atoms with Crippen molar-refractivity contribution in [2.75, 3.05) is 26.3 Å². The van der Waals surface area contributed by atoms with Gasteiger partial charge in [0.25, 0.3) is 0 Å². The molecule has 3 nitrogen and oxygen atoms in total. The second kappa shape index (κ2) is 5.03. The van der Waals surface area contributed by atoms with Gasteiger partial charge in [0.2, 0.25) is 0 Å². The van der Waals surface area contributed by atoms with E-state index in [-0.39, 0.29) is 6.10 Å². The van der Waals surface area contributed by atoms with Crippen LogP contribution in [0.1, 0.15) is 33.1 Å². The van der Waals surface area contributed by atoms with Crippen molar-refractivity contribution in [2.45, 2.75) is 39.2 Å². The molecule has 2 saturated carbocycles. The van der Waals surface area contributed by atoms with Crippen molar-refractivity contribution in [1.82, 2.24) is 5.32 Å². The Morgan fingerprint density at radius 3 is 2.69 bits per heavy atom. The van der Waals surface area contributed by atoms with E-state index in [4.69, 9.17) is 4.74 Å². The number of hydrogen-bond donors (Lipinski definition) is 2. The summed E-state index contributed by atoms with van der Waals surface area (Å²) in [5.74, 6) is 1.58. The summed E-state index contributed by atoms with van der Waals surface area (Å²) in [4.78, 5) is 0. The molecule has 0 aromatic carbocycles. The van der Waals surface area contributed by atoms with Crippen LogP contribution in [0.25, 0.3) is 0 Å². The molecular formula is C13H25NO2. The van der Waals surface area contributed by atoms with E-state index in [1.807, 2.05) is 0 Å². The van der Waals surface area contributed by atoms with Crippen LogP contribution in [0.2, 0.25) is 0 Å². The highest BCUT2D eigenvalue weighted by Crippen LogP contribution is 2.50. The Labute approximate surface area is 98.6 Å². The second-order valence-corrected chi connectivity index (χ2v) is 6.18. The van der Waals surface area contributed by atoms with Gasteiger partial charge in [0.1, 0.15) is 0 Å². The molecule has 2 aliphatic carbocycles. The summed E-state index contributed by atoms with van der Waals surface area (Å²) in [7, 11) is 0. The second-order valence-electron chi connectivity index (χ2n) is 6.18. The Kier molecular flexibility index (Phi) is 3.88. The lowest BCUT2D eigenvalue weighted by Crippen LogP contribution is -2.32. The Balaban J connectivity index is 1.42. The minimum atomic E-state index is -0.347. The summed E-state index contributed by atoms with van der Waals surface area (Å²) in [6.45, 7) is 7.62. The Morgan fingerprint density at radius 2 is 2.12 bits per heavy atom. The highest BCUT2D eigenvalue weighted by Gasteiger charge is 2.44. The molecule has 16 heavy (non-hydrogen) atoms. The van der Waals surface area contributed by atoms with E-state index in [0.29, 0.717) is 18.6 Å². The van der Waals surface area contributed by atoms with Crippen LogP contribution in [0.5, 0.6) is 0 Å². The molecule has 2 aliphatic rings. The number of hydrogen-bond acceptors (Lipinski definition) is 3. The molecule has 0 amide bonds. The summed E-state index contributed by atoms with van der Waals surface area (Å²) in [6, 6.07) is 0. The Bertz CT molecular complexity index is 226. The molecular weight excluding hydrogens is 202 g/mol. The fraction of sp³-hybridized carbons (Fsp3) is 1.00. The molecule has 0 radical (unpaired) electrons. The maximum Gasteiger partial charge on any atom is 0.0897 e. The minimum absolute atomic E-state index is 0.347. The third-order valence-corrected chi connectivity index (χ3v) is 3.85. The summed E-state index contributed by atoms with van der Waals surface area (Å²) >= 11 is 0. The number of aliphatic hydroxyl groups is 1. The summed E-state index contributed by atoms with van der Waals surface area (Å²) in [5, 5.41) is 13.0. The first-order valence-electron chi connectivity index (χ1n) is 6.54. The van der Waals surface area contributed by atoms with Crippen LogP contribution in [-0.2, 0) is 4.74 Å². The van der Waals surface area contributed by atoms with Gasteiger partial charge in [-0.05, 0) is 43.1 Å². The molecule has 2 atom stereocenters. The average molecular weight is 227 g/mol. The van der Waals surface area contributed by atoms with Crippen LogP contribution in [0.15, 0.2) is 0 Å².